The van der Waals surface area contributed by atoms with Gasteiger partial charge < -0.3 is 25.1 Å². The fraction of sp³-hybridized carbons (Fsp3) is 0.286. The van der Waals surface area contributed by atoms with Gasteiger partial charge in [-0.1, -0.05) is 17.8 Å². The zero-order valence-corrected chi connectivity index (χ0v) is 23.4. The average molecular weight is 593 g/mol. The first kappa shape index (κ1) is 27.6. The van der Waals surface area contributed by atoms with E-state index in [1.54, 1.807) is 26.2 Å². The molecule has 3 N–H and O–H groups in total. The number of aromatic nitrogens is 4. The highest BCUT2D eigenvalue weighted by Gasteiger charge is 2.67. The van der Waals surface area contributed by atoms with Gasteiger partial charge in [-0.3, -0.25) is 4.79 Å². The molecule has 1 aliphatic heterocycles. The summed E-state index contributed by atoms with van der Waals surface area (Å²) in [6.45, 7) is -0.842. The van der Waals surface area contributed by atoms with Gasteiger partial charge in [-0.2, -0.15) is 0 Å². The summed E-state index contributed by atoms with van der Waals surface area (Å²) in [6, 6.07) is 5.99. The van der Waals surface area contributed by atoms with E-state index in [9.17, 15) is 9.18 Å². The Labute approximate surface area is 243 Å². The standard InChI is InChI=1S/C28H26F2N8O3S/c1-38(2)23(39)5-6-27-11-21(27)28(14-29,37-26(31)42-27)18-9-16(3-4-19(18)30)36-25-24-20(34-15-35-25)10-17(12-33-24)41-13-22-32-7-8-40-22/h3-10,12,15,21H,11,13-14H2,1-2H3,(H2,31,37)(H,34,35,36)/t21-,27+,28-/m1/s1. The number of thioether (sulfide) groups is 1. The number of aliphatic imine (C=N–C) groups is 1. The third kappa shape index (κ3) is 5.02. The molecule has 4 heterocycles. The van der Waals surface area contributed by atoms with E-state index in [0.29, 0.717) is 40.6 Å². The Morgan fingerprint density at radius 1 is 1.29 bits per heavy atom. The number of pyridine rings is 1. The number of alkyl halides is 1. The van der Waals surface area contributed by atoms with Crippen LogP contribution in [0, 0.1) is 11.7 Å². The van der Waals surface area contributed by atoms with Gasteiger partial charge in [0.1, 0.15) is 41.9 Å². The SMILES string of the molecule is CN(C)C(=O)C=C[C@]12C[C@H]1[C@@](CF)(c1cc(Nc3ncnc4cc(OCc5ncco5)cnc34)ccc1F)N=C(N)S2. The Bertz CT molecular complexity index is 1720. The molecule has 216 valence electrons. The number of halogens is 2. The molecule has 1 aromatic carbocycles. The third-order valence-electron chi connectivity index (χ3n) is 7.28. The van der Waals surface area contributed by atoms with Crippen molar-refractivity contribution >= 4 is 45.4 Å². The second kappa shape index (κ2) is 10.7. The monoisotopic (exact) mass is 592 g/mol. The van der Waals surface area contributed by atoms with Crippen molar-refractivity contribution in [3.63, 3.8) is 0 Å². The molecule has 4 aromatic rings. The second-order valence-electron chi connectivity index (χ2n) is 10.2. The first-order chi connectivity index (χ1) is 20.2. The molecule has 0 saturated heterocycles. The Kier molecular flexibility index (Phi) is 7.01. The maximum absolute atomic E-state index is 15.4. The molecule has 14 heteroatoms. The van der Waals surface area contributed by atoms with Crippen LogP contribution in [0.2, 0.25) is 0 Å². The number of rotatable bonds is 9. The van der Waals surface area contributed by atoms with E-state index in [0.717, 1.165) is 0 Å². The van der Waals surface area contributed by atoms with Crippen LogP contribution in [0.5, 0.6) is 5.75 Å². The van der Waals surface area contributed by atoms with E-state index in [1.807, 2.05) is 0 Å². The topological polar surface area (TPSA) is 145 Å². The number of hydrogen-bond donors (Lipinski definition) is 2. The maximum Gasteiger partial charge on any atom is 0.245 e. The van der Waals surface area contributed by atoms with Gasteiger partial charge in [0.15, 0.2) is 17.6 Å². The number of nitrogens with zero attached hydrogens (tertiary/aromatic N) is 6. The van der Waals surface area contributed by atoms with Crippen molar-refractivity contribution in [2.24, 2.45) is 16.6 Å². The van der Waals surface area contributed by atoms with Crippen LogP contribution in [0.1, 0.15) is 17.9 Å². The molecule has 11 nitrogen and oxygen atoms in total. The normalized spacial score (nSPS) is 23.0. The van der Waals surface area contributed by atoms with Gasteiger partial charge in [0.05, 0.1) is 17.9 Å². The summed E-state index contributed by atoms with van der Waals surface area (Å²) in [5, 5.41) is 3.29. The summed E-state index contributed by atoms with van der Waals surface area (Å²) in [7, 11) is 3.28. The van der Waals surface area contributed by atoms with Gasteiger partial charge in [-0.15, -0.1) is 0 Å². The van der Waals surface area contributed by atoms with E-state index >= 15 is 4.39 Å². The molecule has 3 atom stereocenters. The highest BCUT2D eigenvalue weighted by atomic mass is 32.2. The molecular formula is C28H26F2N8O3S. The number of fused-ring (bicyclic) bond motifs is 2. The lowest BCUT2D eigenvalue weighted by Gasteiger charge is -2.34. The Morgan fingerprint density at radius 2 is 2.14 bits per heavy atom. The number of anilines is 2. The van der Waals surface area contributed by atoms with Gasteiger partial charge in [-0.25, -0.2) is 33.7 Å². The fourth-order valence-corrected chi connectivity index (χ4v) is 6.42. The minimum Gasteiger partial charge on any atom is -0.482 e. The molecule has 0 bridgehead atoms. The van der Waals surface area contributed by atoms with Gasteiger partial charge in [0.2, 0.25) is 11.8 Å². The predicted octanol–water partition coefficient (Wildman–Crippen LogP) is 4.10. The number of carbonyl (C=O) groups excluding carboxylic acids is 1. The number of hydrogen-bond acceptors (Lipinski definition) is 11. The van der Waals surface area contributed by atoms with Crippen molar-refractivity contribution in [3.05, 3.63) is 78.7 Å². The molecule has 0 unspecified atom stereocenters. The number of ether oxygens (including phenoxy) is 1. The van der Waals surface area contributed by atoms with E-state index in [-0.39, 0.29) is 23.2 Å². The second-order valence-corrected chi connectivity index (χ2v) is 11.6. The lowest BCUT2D eigenvalue weighted by molar-refractivity contribution is -0.123. The van der Waals surface area contributed by atoms with E-state index in [4.69, 9.17) is 14.9 Å². The summed E-state index contributed by atoms with van der Waals surface area (Å²) in [6.07, 6.45) is 9.53. The van der Waals surface area contributed by atoms with Crippen LogP contribution in [0.3, 0.4) is 0 Å². The van der Waals surface area contributed by atoms with Crippen molar-refractivity contribution < 1.29 is 22.7 Å². The minimum atomic E-state index is -1.55. The highest BCUT2D eigenvalue weighted by molar-refractivity contribution is 8.15. The third-order valence-corrected chi connectivity index (χ3v) is 8.55. The predicted molar refractivity (Wildman–Crippen MR) is 153 cm³/mol. The Hall–Kier alpha value is -4.59. The van der Waals surface area contributed by atoms with Gasteiger partial charge in [0.25, 0.3) is 0 Å². The fourth-order valence-electron chi connectivity index (χ4n) is 5.10. The van der Waals surface area contributed by atoms with E-state index in [1.165, 1.54) is 65.9 Å². The molecule has 1 fully saturated rings. The summed E-state index contributed by atoms with van der Waals surface area (Å²) in [4.78, 5) is 35.1. The number of carbonyl (C=O) groups is 1. The number of benzene rings is 1. The first-order valence-electron chi connectivity index (χ1n) is 12.9. The minimum absolute atomic E-state index is 0.0611. The highest BCUT2D eigenvalue weighted by Crippen LogP contribution is 2.67. The summed E-state index contributed by atoms with van der Waals surface area (Å²) >= 11 is 1.27. The van der Waals surface area contributed by atoms with Crippen LogP contribution >= 0.6 is 11.8 Å². The van der Waals surface area contributed by atoms with Crippen molar-refractivity contribution in [1.82, 2.24) is 24.8 Å². The van der Waals surface area contributed by atoms with Crippen LogP contribution in [0.15, 0.2) is 70.8 Å². The van der Waals surface area contributed by atoms with Crippen LogP contribution < -0.4 is 15.8 Å². The van der Waals surface area contributed by atoms with E-state index < -0.39 is 28.7 Å². The molecule has 1 saturated carbocycles. The lowest BCUT2D eigenvalue weighted by atomic mass is 9.84. The molecular weight excluding hydrogens is 566 g/mol. The number of amides is 1. The van der Waals surface area contributed by atoms with Crippen molar-refractivity contribution in [2.75, 3.05) is 26.1 Å². The lowest BCUT2D eigenvalue weighted by Crippen LogP contribution is -2.39. The largest absolute Gasteiger partial charge is 0.482 e. The molecule has 0 radical (unpaired) electrons. The van der Waals surface area contributed by atoms with Gasteiger partial charge >= 0.3 is 0 Å². The van der Waals surface area contributed by atoms with Gasteiger partial charge in [0, 0.05) is 48.2 Å². The van der Waals surface area contributed by atoms with Crippen LogP contribution in [-0.2, 0) is 16.9 Å². The van der Waals surface area contributed by atoms with Gasteiger partial charge in [-0.05, 0) is 24.6 Å². The Morgan fingerprint density at radius 3 is 2.90 bits per heavy atom. The Balaban J connectivity index is 1.29. The molecule has 3 aromatic heterocycles. The van der Waals surface area contributed by atoms with Crippen molar-refractivity contribution in [2.45, 2.75) is 23.3 Å². The number of likely N-dealkylation sites (N-methyl/N-ethyl adjacent to an activating group) is 1. The van der Waals surface area contributed by atoms with Crippen molar-refractivity contribution in [1.29, 1.82) is 0 Å². The van der Waals surface area contributed by atoms with Crippen LogP contribution in [-0.4, -0.2) is 61.4 Å². The first-order valence-corrected chi connectivity index (χ1v) is 13.7. The molecule has 1 amide bonds. The summed E-state index contributed by atoms with van der Waals surface area (Å²) in [5.41, 5.74) is 6.06. The maximum atomic E-state index is 15.4. The molecule has 0 spiro atoms. The van der Waals surface area contributed by atoms with Crippen molar-refractivity contribution in [3.8, 4) is 5.75 Å². The smallest absolute Gasteiger partial charge is 0.245 e. The summed E-state index contributed by atoms with van der Waals surface area (Å²) < 4.78 is 40.6. The van der Waals surface area contributed by atoms with E-state index in [2.05, 4.69) is 30.2 Å². The molecule has 6 rings (SSSR count). The van der Waals surface area contributed by atoms with Crippen LogP contribution in [0.25, 0.3) is 11.0 Å². The quantitative estimate of drug-likeness (QED) is 0.273. The van der Waals surface area contributed by atoms with Crippen LogP contribution in [0.4, 0.5) is 20.3 Å². The molecule has 1 aliphatic carbocycles. The zero-order chi connectivity index (χ0) is 29.5. The number of oxazole rings is 1. The number of nitrogens with one attached hydrogen (secondary N) is 1. The number of amidine groups is 1. The zero-order valence-electron chi connectivity index (χ0n) is 22.6. The number of nitrogens with two attached hydrogens (primary N) is 1. The average Bonchev–Trinajstić information content (AvgIpc) is 3.46. The molecule has 42 heavy (non-hydrogen) atoms. The summed E-state index contributed by atoms with van der Waals surface area (Å²) in [5.74, 6) is 0.00798. The molecule has 2 aliphatic rings.